The van der Waals surface area contributed by atoms with Crippen molar-refractivity contribution in [2.45, 2.75) is 32.1 Å². The van der Waals surface area contributed by atoms with Crippen LogP contribution in [0.4, 0.5) is 5.69 Å². The monoisotopic (exact) mass is 453 g/mol. The van der Waals surface area contributed by atoms with Gasteiger partial charge in [-0.25, -0.2) is 8.42 Å². The highest BCUT2D eigenvalue weighted by Crippen LogP contribution is 2.16. The number of carbonyl (C=O) groups is 1. The fourth-order valence-corrected chi connectivity index (χ4v) is 4.70. The lowest BCUT2D eigenvalue weighted by Crippen LogP contribution is -2.26. The van der Waals surface area contributed by atoms with E-state index in [-0.39, 0.29) is 11.7 Å². The molecule has 0 atom stereocenters. The summed E-state index contributed by atoms with van der Waals surface area (Å²) in [5.41, 5.74) is 0.828. The number of unbranched alkanes of at least 4 members (excludes halogenated alkanes) is 1. The van der Waals surface area contributed by atoms with Gasteiger partial charge in [0.05, 0.1) is 18.1 Å². The van der Waals surface area contributed by atoms with E-state index in [2.05, 4.69) is 14.9 Å². The number of hydrogen-bond acceptors (Lipinski definition) is 6. The van der Waals surface area contributed by atoms with Gasteiger partial charge in [0.15, 0.2) is 0 Å². The van der Waals surface area contributed by atoms with Gasteiger partial charge in [0.25, 0.3) is 5.91 Å². The molecule has 0 saturated heterocycles. The van der Waals surface area contributed by atoms with Crippen molar-refractivity contribution >= 4 is 33.4 Å². The van der Waals surface area contributed by atoms with Crippen LogP contribution in [0.2, 0.25) is 0 Å². The van der Waals surface area contributed by atoms with Crippen molar-refractivity contribution in [2.75, 3.05) is 36.9 Å². The minimum absolute atomic E-state index is 0.0729. The smallest absolute Gasteiger partial charge is 0.251 e. The number of furan rings is 1. The van der Waals surface area contributed by atoms with Crippen LogP contribution in [-0.4, -0.2) is 51.4 Å². The summed E-state index contributed by atoms with van der Waals surface area (Å²) < 4.78 is 32.4. The zero-order valence-corrected chi connectivity index (χ0v) is 19.4. The highest BCUT2D eigenvalue weighted by molar-refractivity contribution is 7.98. The molecule has 0 aliphatic carbocycles. The Balaban J connectivity index is 1.75. The van der Waals surface area contributed by atoms with Crippen LogP contribution in [0.3, 0.4) is 0 Å². The number of nitrogens with one attached hydrogen (secondary N) is 2. The Labute approximate surface area is 183 Å². The maximum absolute atomic E-state index is 12.4. The third-order valence-corrected chi connectivity index (χ3v) is 6.48. The Kier molecular flexibility index (Phi) is 9.74. The summed E-state index contributed by atoms with van der Waals surface area (Å²) in [7, 11) is 0.602. The molecule has 0 unspecified atom stereocenters. The van der Waals surface area contributed by atoms with Gasteiger partial charge in [-0.3, -0.25) is 9.52 Å². The van der Waals surface area contributed by atoms with Crippen LogP contribution < -0.4 is 10.0 Å². The standard InChI is InChI=1S/C21H31N3O4S2/c1-4-5-13-30(26,27)23-18-8-6-7-17(14-18)21(25)22-11-12-29-16-20-10-9-19(28-20)15-24(2)3/h6-10,14,23H,4-5,11-13,15-16H2,1-3H3,(H,22,25). The molecule has 0 bridgehead atoms. The fourth-order valence-electron chi connectivity index (χ4n) is 2.70. The lowest BCUT2D eigenvalue weighted by Gasteiger charge is -2.09. The average Bonchev–Trinajstić information content (AvgIpc) is 3.12. The summed E-state index contributed by atoms with van der Waals surface area (Å²) in [5.74, 6) is 3.21. The van der Waals surface area contributed by atoms with Gasteiger partial charge in [0.1, 0.15) is 11.5 Å². The van der Waals surface area contributed by atoms with Crippen LogP contribution in [0.15, 0.2) is 40.8 Å². The van der Waals surface area contributed by atoms with E-state index in [0.29, 0.717) is 24.2 Å². The lowest BCUT2D eigenvalue weighted by atomic mass is 10.2. The molecule has 0 aliphatic heterocycles. The van der Waals surface area contributed by atoms with Crippen LogP contribution in [0.1, 0.15) is 41.6 Å². The molecule has 0 aliphatic rings. The quantitative estimate of drug-likeness (QED) is 0.451. The number of nitrogens with zero attached hydrogens (tertiary/aromatic N) is 1. The average molecular weight is 454 g/mol. The molecular weight excluding hydrogens is 422 g/mol. The van der Waals surface area contributed by atoms with Crippen LogP contribution in [-0.2, 0) is 22.3 Å². The molecule has 9 heteroatoms. The van der Waals surface area contributed by atoms with E-state index in [1.54, 1.807) is 36.0 Å². The molecule has 2 aromatic rings. The Hall–Kier alpha value is -1.97. The number of thioether (sulfide) groups is 1. The van der Waals surface area contributed by atoms with Crippen molar-refractivity contribution in [1.29, 1.82) is 0 Å². The van der Waals surface area contributed by atoms with Gasteiger partial charge < -0.3 is 14.6 Å². The van der Waals surface area contributed by atoms with Crippen molar-refractivity contribution < 1.29 is 17.6 Å². The molecule has 1 aromatic carbocycles. The van der Waals surface area contributed by atoms with E-state index in [1.165, 1.54) is 0 Å². The second-order valence-corrected chi connectivity index (χ2v) is 10.2. The molecule has 1 heterocycles. The molecule has 1 amide bonds. The molecule has 0 spiro atoms. The number of hydrogen-bond donors (Lipinski definition) is 2. The molecule has 30 heavy (non-hydrogen) atoms. The first-order chi connectivity index (χ1) is 14.3. The number of benzene rings is 1. The van der Waals surface area contributed by atoms with Crippen molar-refractivity contribution in [3.63, 3.8) is 0 Å². The van der Waals surface area contributed by atoms with Gasteiger partial charge in [0.2, 0.25) is 10.0 Å². The first kappa shape index (κ1) is 24.3. The third kappa shape index (κ3) is 8.81. The molecule has 0 fully saturated rings. The summed E-state index contributed by atoms with van der Waals surface area (Å²) in [6.45, 7) is 3.23. The van der Waals surface area contributed by atoms with E-state index in [0.717, 1.165) is 36.0 Å². The predicted octanol–water partition coefficient (Wildman–Crippen LogP) is 3.55. The highest BCUT2D eigenvalue weighted by Gasteiger charge is 2.12. The molecule has 2 N–H and O–H groups in total. The highest BCUT2D eigenvalue weighted by atomic mass is 32.2. The second-order valence-electron chi connectivity index (χ2n) is 7.27. The summed E-state index contributed by atoms with van der Waals surface area (Å²) >= 11 is 1.68. The van der Waals surface area contributed by atoms with Crippen molar-refractivity contribution in [1.82, 2.24) is 10.2 Å². The second kappa shape index (κ2) is 12.0. The first-order valence-electron chi connectivity index (χ1n) is 9.98. The third-order valence-electron chi connectivity index (χ3n) is 4.13. The number of carbonyl (C=O) groups excluding carboxylic acids is 1. The van der Waals surface area contributed by atoms with Crippen molar-refractivity contribution in [3.05, 3.63) is 53.5 Å². The van der Waals surface area contributed by atoms with E-state index in [4.69, 9.17) is 4.42 Å². The Bertz CT molecular complexity index is 910. The minimum Gasteiger partial charge on any atom is -0.464 e. The lowest BCUT2D eigenvalue weighted by molar-refractivity contribution is 0.0956. The molecule has 0 radical (unpaired) electrons. The Morgan fingerprint density at radius 1 is 1.17 bits per heavy atom. The number of anilines is 1. The number of sulfonamides is 1. The maximum atomic E-state index is 12.4. The molecule has 7 nitrogen and oxygen atoms in total. The normalized spacial score (nSPS) is 11.6. The predicted molar refractivity (Wildman–Crippen MR) is 123 cm³/mol. The first-order valence-corrected chi connectivity index (χ1v) is 12.8. The van der Waals surface area contributed by atoms with Crippen LogP contribution in [0, 0.1) is 0 Å². The minimum atomic E-state index is -3.39. The van der Waals surface area contributed by atoms with Crippen LogP contribution in [0.5, 0.6) is 0 Å². The molecule has 2 rings (SSSR count). The number of amides is 1. The van der Waals surface area contributed by atoms with Gasteiger partial charge in [-0.2, -0.15) is 11.8 Å². The SMILES string of the molecule is CCCCS(=O)(=O)Nc1cccc(C(=O)NCCSCc2ccc(CN(C)C)o2)c1. The Morgan fingerprint density at radius 2 is 1.93 bits per heavy atom. The molecular formula is C21H31N3O4S2. The molecule has 1 aromatic heterocycles. The van der Waals surface area contributed by atoms with Crippen LogP contribution >= 0.6 is 11.8 Å². The van der Waals surface area contributed by atoms with Gasteiger partial charge in [-0.15, -0.1) is 0 Å². The van der Waals surface area contributed by atoms with E-state index in [9.17, 15) is 13.2 Å². The van der Waals surface area contributed by atoms with Gasteiger partial charge in [-0.1, -0.05) is 19.4 Å². The topological polar surface area (TPSA) is 91.6 Å². The summed E-state index contributed by atoms with van der Waals surface area (Å²) in [4.78, 5) is 14.4. The maximum Gasteiger partial charge on any atom is 0.251 e. The fraction of sp³-hybridized carbons (Fsp3) is 0.476. The molecule has 0 saturated carbocycles. The van der Waals surface area contributed by atoms with Crippen LogP contribution in [0.25, 0.3) is 0 Å². The summed E-state index contributed by atoms with van der Waals surface area (Å²) in [5, 5.41) is 2.87. The van der Waals surface area contributed by atoms with Crippen molar-refractivity contribution in [2.24, 2.45) is 0 Å². The van der Waals surface area contributed by atoms with Crippen molar-refractivity contribution in [3.8, 4) is 0 Å². The van der Waals surface area contributed by atoms with E-state index >= 15 is 0 Å². The zero-order chi connectivity index (χ0) is 22.0. The van der Waals surface area contributed by atoms with Gasteiger partial charge in [0, 0.05) is 23.5 Å². The summed E-state index contributed by atoms with van der Waals surface area (Å²) in [6.07, 6.45) is 1.40. The largest absolute Gasteiger partial charge is 0.464 e. The van der Waals surface area contributed by atoms with Gasteiger partial charge >= 0.3 is 0 Å². The van der Waals surface area contributed by atoms with E-state index in [1.807, 2.05) is 33.2 Å². The summed E-state index contributed by atoms with van der Waals surface area (Å²) in [6, 6.07) is 10.5. The molecule has 166 valence electrons. The van der Waals surface area contributed by atoms with E-state index < -0.39 is 10.0 Å². The Morgan fingerprint density at radius 3 is 2.67 bits per heavy atom. The number of rotatable bonds is 13. The van der Waals surface area contributed by atoms with Gasteiger partial charge in [-0.05, 0) is 50.8 Å². The zero-order valence-electron chi connectivity index (χ0n) is 17.8.